The van der Waals surface area contributed by atoms with Crippen molar-refractivity contribution >= 4 is 17.3 Å². The molecule has 3 aromatic rings. The molecule has 1 saturated heterocycles. The number of phenolic OH excluding ortho intramolecular Hbond substituents is 1. The number of hydrogen-bond acceptors (Lipinski definition) is 5. The second kappa shape index (κ2) is 8.93. The molecule has 2 aliphatic heterocycles. The number of anilines is 2. The summed E-state index contributed by atoms with van der Waals surface area (Å²) in [6.07, 6.45) is -0.261. The van der Waals surface area contributed by atoms with E-state index in [9.17, 15) is 9.90 Å². The van der Waals surface area contributed by atoms with E-state index < -0.39 is 0 Å². The standard InChI is InChI=1S/C26H28N4O2/c31-23-13-7-12-22-24(23)26(32)27-25(20-8-3-1-4-9-20)30(22)19-16-28-14-17-29(18-15-28)21-10-5-2-6-11-21/h1-13,25,31H,14-19H2,(H,27,32). The summed E-state index contributed by atoms with van der Waals surface area (Å²) in [5.74, 6) is -0.215. The number of carbonyl (C=O) groups excluding carboxylic acids is 1. The van der Waals surface area contributed by atoms with Crippen LogP contribution < -0.4 is 15.1 Å². The number of nitrogens with one attached hydrogen (secondary N) is 1. The summed E-state index contributed by atoms with van der Waals surface area (Å²) in [6, 6.07) is 25.9. The zero-order chi connectivity index (χ0) is 21.9. The van der Waals surface area contributed by atoms with Crippen molar-refractivity contribution in [1.82, 2.24) is 10.2 Å². The molecular weight excluding hydrogens is 400 g/mol. The second-order valence-electron chi connectivity index (χ2n) is 8.32. The number of aromatic hydroxyl groups is 1. The fourth-order valence-electron chi connectivity index (χ4n) is 4.68. The van der Waals surface area contributed by atoms with Crippen molar-refractivity contribution < 1.29 is 9.90 Å². The molecule has 2 heterocycles. The van der Waals surface area contributed by atoms with Crippen molar-refractivity contribution in [3.63, 3.8) is 0 Å². The first-order valence-corrected chi connectivity index (χ1v) is 11.2. The van der Waals surface area contributed by atoms with Gasteiger partial charge >= 0.3 is 0 Å². The van der Waals surface area contributed by atoms with Crippen LogP contribution in [0.25, 0.3) is 0 Å². The normalized spacial score (nSPS) is 18.9. The number of carbonyl (C=O) groups is 1. The topological polar surface area (TPSA) is 59.1 Å². The van der Waals surface area contributed by atoms with Gasteiger partial charge in [0.25, 0.3) is 5.91 Å². The molecule has 0 bridgehead atoms. The zero-order valence-corrected chi connectivity index (χ0v) is 18.0. The third-order valence-corrected chi connectivity index (χ3v) is 6.40. The molecule has 5 rings (SSSR count). The first-order valence-electron chi connectivity index (χ1n) is 11.2. The number of benzene rings is 3. The summed E-state index contributed by atoms with van der Waals surface area (Å²) < 4.78 is 0. The highest BCUT2D eigenvalue weighted by molar-refractivity contribution is 6.04. The lowest BCUT2D eigenvalue weighted by Crippen LogP contribution is -2.52. The van der Waals surface area contributed by atoms with Gasteiger partial charge in [-0.1, -0.05) is 54.6 Å². The molecule has 3 aromatic carbocycles. The maximum Gasteiger partial charge on any atom is 0.259 e. The Morgan fingerprint density at radius 1 is 0.812 bits per heavy atom. The minimum atomic E-state index is -0.261. The highest BCUT2D eigenvalue weighted by Crippen LogP contribution is 2.37. The van der Waals surface area contributed by atoms with E-state index in [-0.39, 0.29) is 17.8 Å². The Bertz CT molecular complexity index is 1070. The summed E-state index contributed by atoms with van der Waals surface area (Å²) >= 11 is 0. The number of para-hydroxylation sites is 1. The average molecular weight is 429 g/mol. The van der Waals surface area contributed by atoms with Crippen LogP contribution in [0.15, 0.2) is 78.9 Å². The molecule has 6 heteroatoms. The molecule has 1 unspecified atom stereocenters. The summed E-state index contributed by atoms with van der Waals surface area (Å²) in [6.45, 7) is 5.63. The quantitative estimate of drug-likeness (QED) is 0.652. The number of nitrogens with zero attached hydrogens (tertiary/aromatic N) is 3. The smallest absolute Gasteiger partial charge is 0.259 e. The predicted molar refractivity (Wildman–Crippen MR) is 127 cm³/mol. The van der Waals surface area contributed by atoms with Crippen LogP contribution in [0, 0.1) is 0 Å². The van der Waals surface area contributed by atoms with E-state index in [1.165, 1.54) is 5.69 Å². The van der Waals surface area contributed by atoms with Crippen LogP contribution >= 0.6 is 0 Å². The Morgan fingerprint density at radius 3 is 2.22 bits per heavy atom. The number of fused-ring (bicyclic) bond motifs is 1. The van der Waals surface area contributed by atoms with Crippen molar-refractivity contribution in [2.45, 2.75) is 6.17 Å². The molecule has 2 N–H and O–H groups in total. The Hall–Kier alpha value is -3.51. The summed E-state index contributed by atoms with van der Waals surface area (Å²) in [5, 5.41) is 13.4. The van der Waals surface area contributed by atoms with Crippen molar-refractivity contribution in [1.29, 1.82) is 0 Å². The van der Waals surface area contributed by atoms with E-state index >= 15 is 0 Å². The highest BCUT2D eigenvalue weighted by atomic mass is 16.3. The first-order chi connectivity index (χ1) is 15.7. The lowest BCUT2D eigenvalue weighted by molar-refractivity contribution is 0.0922. The first kappa shape index (κ1) is 20.4. The molecule has 6 nitrogen and oxygen atoms in total. The molecule has 0 aromatic heterocycles. The molecule has 1 fully saturated rings. The van der Waals surface area contributed by atoms with E-state index in [0.717, 1.165) is 50.5 Å². The van der Waals surface area contributed by atoms with Crippen LogP contribution in [0.4, 0.5) is 11.4 Å². The van der Waals surface area contributed by atoms with Gasteiger partial charge in [-0.2, -0.15) is 0 Å². The maximum atomic E-state index is 12.8. The fraction of sp³-hybridized carbons (Fsp3) is 0.269. The molecule has 0 saturated carbocycles. The zero-order valence-electron chi connectivity index (χ0n) is 18.0. The van der Waals surface area contributed by atoms with E-state index in [2.05, 4.69) is 50.3 Å². The number of hydrogen-bond donors (Lipinski definition) is 2. The van der Waals surface area contributed by atoms with Gasteiger partial charge in [0.2, 0.25) is 0 Å². The maximum absolute atomic E-state index is 12.8. The number of rotatable bonds is 5. The van der Waals surface area contributed by atoms with E-state index in [4.69, 9.17) is 0 Å². The minimum absolute atomic E-state index is 0.0213. The lowest BCUT2D eigenvalue weighted by atomic mass is 10.0. The van der Waals surface area contributed by atoms with Crippen LogP contribution in [0.1, 0.15) is 22.1 Å². The number of piperazine rings is 1. The minimum Gasteiger partial charge on any atom is -0.507 e. The van der Waals surface area contributed by atoms with Gasteiger partial charge < -0.3 is 20.2 Å². The SMILES string of the molecule is O=C1NC(c2ccccc2)N(CCN2CCN(c3ccccc3)CC2)c2cccc(O)c21. The van der Waals surface area contributed by atoms with Gasteiger partial charge in [0.05, 0.1) is 5.69 Å². The van der Waals surface area contributed by atoms with Crippen molar-refractivity contribution in [3.8, 4) is 5.75 Å². The van der Waals surface area contributed by atoms with Gasteiger partial charge in [0.1, 0.15) is 17.5 Å². The van der Waals surface area contributed by atoms with Crippen molar-refractivity contribution in [2.75, 3.05) is 49.1 Å². The van der Waals surface area contributed by atoms with Crippen LogP contribution in [-0.2, 0) is 0 Å². The highest BCUT2D eigenvalue weighted by Gasteiger charge is 2.33. The van der Waals surface area contributed by atoms with Gasteiger partial charge in [0.15, 0.2) is 0 Å². The fourth-order valence-corrected chi connectivity index (χ4v) is 4.68. The monoisotopic (exact) mass is 428 g/mol. The van der Waals surface area contributed by atoms with E-state index in [1.54, 1.807) is 12.1 Å². The van der Waals surface area contributed by atoms with Crippen LogP contribution in [0.2, 0.25) is 0 Å². The number of phenols is 1. The van der Waals surface area contributed by atoms with Crippen LogP contribution in [-0.4, -0.2) is 55.2 Å². The van der Waals surface area contributed by atoms with Gasteiger partial charge in [-0.3, -0.25) is 9.69 Å². The van der Waals surface area contributed by atoms with Gasteiger partial charge in [-0.25, -0.2) is 0 Å². The third kappa shape index (κ3) is 4.01. The Morgan fingerprint density at radius 2 is 1.50 bits per heavy atom. The molecule has 0 radical (unpaired) electrons. The predicted octanol–water partition coefficient (Wildman–Crippen LogP) is 3.46. The average Bonchev–Trinajstić information content (AvgIpc) is 2.85. The van der Waals surface area contributed by atoms with Crippen molar-refractivity contribution in [3.05, 3.63) is 90.0 Å². The van der Waals surface area contributed by atoms with Crippen molar-refractivity contribution in [2.24, 2.45) is 0 Å². The second-order valence-corrected chi connectivity index (χ2v) is 8.32. The molecular formula is C26H28N4O2. The van der Waals surface area contributed by atoms with Gasteiger partial charge in [-0.05, 0) is 29.8 Å². The lowest BCUT2D eigenvalue weighted by Gasteiger charge is -2.42. The molecule has 0 aliphatic carbocycles. The van der Waals surface area contributed by atoms with Gasteiger partial charge in [-0.15, -0.1) is 0 Å². The summed E-state index contributed by atoms with van der Waals surface area (Å²) in [5.41, 5.74) is 3.45. The molecule has 1 amide bonds. The summed E-state index contributed by atoms with van der Waals surface area (Å²) in [7, 11) is 0. The van der Waals surface area contributed by atoms with E-state index in [1.807, 2.05) is 36.4 Å². The van der Waals surface area contributed by atoms with Crippen LogP contribution in [0.5, 0.6) is 5.75 Å². The Labute approximate surface area is 188 Å². The third-order valence-electron chi connectivity index (χ3n) is 6.40. The van der Waals surface area contributed by atoms with Crippen LogP contribution in [0.3, 0.4) is 0 Å². The summed E-state index contributed by atoms with van der Waals surface area (Å²) in [4.78, 5) is 19.9. The van der Waals surface area contributed by atoms with E-state index in [0.29, 0.717) is 5.56 Å². The number of amides is 1. The molecule has 1 atom stereocenters. The largest absolute Gasteiger partial charge is 0.507 e. The molecule has 164 valence electrons. The Kier molecular flexibility index (Phi) is 5.69. The molecule has 32 heavy (non-hydrogen) atoms. The van der Waals surface area contributed by atoms with Gasteiger partial charge in [0, 0.05) is 45.0 Å². The molecule has 2 aliphatic rings. The molecule has 0 spiro atoms. The Balaban J connectivity index is 1.32.